The molecular weight excluding hydrogens is 427 g/mol. The zero-order chi connectivity index (χ0) is 21.9. The zero-order valence-corrected chi connectivity index (χ0v) is 16.0. The van der Waals surface area contributed by atoms with E-state index in [1.807, 2.05) is 0 Å². The Kier molecular flexibility index (Phi) is 6.20. The van der Waals surface area contributed by atoms with Crippen molar-refractivity contribution in [2.75, 3.05) is 6.54 Å². The number of ether oxygens (including phenoxy) is 1. The molecule has 0 radical (unpaired) electrons. The first-order chi connectivity index (χ1) is 14.1. The molecule has 0 atom stereocenters. The van der Waals surface area contributed by atoms with E-state index in [9.17, 15) is 27.6 Å². The Morgan fingerprint density at radius 1 is 1.20 bits per heavy atom. The van der Waals surface area contributed by atoms with Crippen LogP contribution in [0.5, 0.6) is 5.75 Å². The van der Waals surface area contributed by atoms with Gasteiger partial charge in [-0.05, 0) is 42.4 Å². The molecule has 0 bridgehead atoms. The van der Waals surface area contributed by atoms with Crippen molar-refractivity contribution in [3.8, 4) is 17.1 Å². The topological polar surface area (TPSA) is 97.1 Å². The molecule has 30 heavy (non-hydrogen) atoms. The van der Waals surface area contributed by atoms with Gasteiger partial charge in [-0.3, -0.25) is 19.3 Å². The van der Waals surface area contributed by atoms with Crippen molar-refractivity contribution in [1.29, 1.82) is 0 Å². The van der Waals surface area contributed by atoms with Crippen molar-refractivity contribution >= 4 is 35.0 Å². The summed E-state index contributed by atoms with van der Waals surface area (Å²) < 4.78 is 47.3. The van der Waals surface area contributed by atoms with Crippen LogP contribution < -0.4 is 4.74 Å². The summed E-state index contributed by atoms with van der Waals surface area (Å²) in [6.45, 7) is -0.0279. The smallest absolute Gasteiger partial charge is 0.481 e. The number of carbonyl (C=O) groups excluding carboxylic acids is 2. The summed E-state index contributed by atoms with van der Waals surface area (Å²) in [4.78, 5) is 35.9. The minimum Gasteiger partial charge on any atom is -0.481 e. The van der Waals surface area contributed by atoms with Gasteiger partial charge in [0.1, 0.15) is 17.3 Å². The maximum absolute atomic E-state index is 12.6. The fourth-order valence-corrected chi connectivity index (χ4v) is 3.51. The number of imide groups is 1. The van der Waals surface area contributed by atoms with Gasteiger partial charge in [-0.25, -0.2) is 0 Å². The highest BCUT2D eigenvalue weighted by Crippen LogP contribution is 2.36. The lowest BCUT2D eigenvalue weighted by Gasteiger charge is -2.11. The van der Waals surface area contributed by atoms with Crippen LogP contribution >= 0.6 is 11.8 Å². The molecule has 1 saturated heterocycles. The molecule has 1 aromatic carbocycles. The number of hydrogen-bond donors (Lipinski definition) is 1. The van der Waals surface area contributed by atoms with Crippen LogP contribution in [0.2, 0.25) is 0 Å². The number of amides is 2. The number of nitrogens with zero attached hydrogens (tertiary/aromatic N) is 1. The van der Waals surface area contributed by atoms with Gasteiger partial charge in [0.2, 0.25) is 0 Å². The highest BCUT2D eigenvalue weighted by molar-refractivity contribution is 8.18. The van der Waals surface area contributed by atoms with Crippen molar-refractivity contribution < 1.29 is 41.8 Å². The number of carbonyl (C=O) groups is 3. The number of furan rings is 1. The molecule has 158 valence electrons. The Morgan fingerprint density at radius 3 is 2.63 bits per heavy atom. The minimum absolute atomic E-state index is 0.0279. The van der Waals surface area contributed by atoms with Crippen molar-refractivity contribution in [2.24, 2.45) is 0 Å². The number of rotatable bonds is 7. The predicted octanol–water partition coefficient (Wildman–Crippen LogP) is 4.75. The quantitative estimate of drug-likeness (QED) is 0.620. The van der Waals surface area contributed by atoms with E-state index in [1.165, 1.54) is 36.4 Å². The van der Waals surface area contributed by atoms with Crippen molar-refractivity contribution in [1.82, 2.24) is 4.90 Å². The third kappa shape index (κ3) is 5.23. The maximum Gasteiger partial charge on any atom is 0.573 e. The molecule has 2 heterocycles. The average Bonchev–Trinajstić information content (AvgIpc) is 3.21. The number of hydrogen-bond acceptors (Lipinski definition) is 6. The van der Waals surface area contributed by atoms with Crippen molar-refractivity contribution in [3.05, 3.63) is 47.1 Å². The molecule has 0 unspecified atom stereocenters. The molecule has 1 aliphatic heterocycles. The molecule has 3 rings (SSSR count). The summed E-state index contributed by atoms with van der Waals surface area (Å²) in [5.41, 5.74) is 0.0660. The van der Waals surface area contributed by atoms with Gasteiger partial charge >= 0.3 is 12.3 Å². The minimum atomic E-state index is -4.87. The average molecular weight is 441 g/mol. The van der Waals surface area contributed by atoms with Crippen molar-refractivity contribution in [2.45, 2.75) is 19.2 Å². The monoisotopic (exact) mass is 441 g/mol. The Labute approximate surface area is 172 Å². The van der Waals surface area contributed by atoms with E-state index in [4.69, 9.17) is 9.52 Å². The maximum atomic E-state index is 12.6. The number of carboxylic acid groups (broad SMARTS) is 1. The molecule has 7 nitrogen and oxygen atoms in total. The highest BCUT2D eigenvalue weighted by Gasteiger charge is 2.35. The second kappa shape index (κ2) is 8.66. The SMILES string of the molecule is O=C(O)CCCN1C(=O)S/C(=C/c2ccc(-c3ccccc3OC(F)(F)F)o2)C1=O. The fourth-order valence-electron chi connectivity index (χ4n) is 2.67. The Hall–Kier alpha value is -3.21. The lowest BCUT2D eigenvalue weighted by Crippen LogP contribution is -2.29. The van der Waals surface area contributed by atoms with E-state index in [-0.39, 0.29) is 41.4 Å². The molecule has 11 heteroatoms. The van der Waals surface area contributed by atoms with Gasteiger partial charge in [0.05, 0.1) is 10.5 Å². The van der Waals surface area contributed by atoms with Crippen LogP contribution in [0.15, 0.2) is 45.7 Å². The molecule has 0 aliphatic carbocycles. The molecule has 2 aromatic rings. The van der Waals surface area contributed by atoms with E-state index in [0.717, 1.165) is 11.0 Å². The highest BCUT2D eigenvalue weighted by atomic mass is 32.2. The number of aliphatic carboxylic acids is 1. The van der Waals surface area contributed by atoms with E-state index >= 15 is 0 Å². The molecule has 0 spiro atoms. The third-order valence-corrected chi connectivity index (χ3v) is 4.83. The van der Waals surface area contributed by atoms with Crippen LogP contribution in [-0.4, -0.2) is 40.0 Å². The van der Waals surface area contributed by atoms with Gasteiger partial charge in [-0.2, -0.15) is 0 Å². The zero-order valence-electron chi connectivity index (χ0n) is 15.1. The number of para-hydroxylation sites is 1. The summed E-state index contributed by atoms with van der Waals surface area (Å²) in [5, 5.41) is 8.12. The normalized spacial score (nSPS) is 15.8. The summed E-state index contributed by atoms with van der Waals surface area (Å²) >= 11 is 0.669. The Morgan fingerprint density at radius 2 is 1.93 bits per heavy atom. The first-order valence-electron chi connectivity index (χ1n) is 8.56. The number of benzene rings is 1. The van der Waals surface area contributed by atoms with Gasteiger partial charge in [-0.15, -0.1) is 13.2 Å². The first kappa shape index (κ1) is 21.5. The molecule has 2 amide bonds. The standard InChI is InChI=1S/C19H14F3NO6S/c20-19(21,22)29-14-5-2-1-4-12(14)13-8-7-11(28-13)10-15-17(26)23(18(27)30-15)9-3-6-16(24)25/h1-2,4-5,7-8,10H,3,6,9H2,(H,24,25)/b15-10+. The van der Waals surface area contributed by atoms with Gasteiger partial charge < -0.3 is 14.3 Å². The largest absolute Gasteiger partial charge is 0.573 e. The van der Waals surface area contributed by atoms with Gasteiger partial charge in [0.25, 0.3) is 11.1 Å². The molecule has 1 aromatic heterocycles. The third-order valence-electron chi connectivity index (χ3n) is 3.92. The van der Waals surface area contributed by atoms with Crippen LogP contribution in [0.1, 0.15) is 18.6 Å². The number of thioether (sulfide) groups is 1. The van der Waals surface area contributed by atoms with Crippen LogP contribution in [0, 0.1) is 0 Å². The van der Waals surface area contributed by atoms with Gasteiger partial charge in [-0.1, -0.05) is 12.1 Å². The Bertz CT molecular complexity index is 1010. The second-order valence-corrected chi connectivity index (χ2v) is 7.07. The van der Waals surface area contributed by atoms with Crippen LogP contribution in [0.25, 0.3) is 17.4 Å². The fraction of sp³-hybridized carbons (Fsp3) is 0.211. The van der Waals surface area contributed by atoms with E-state index in [0.29, 0.717) is 11.8 Å². The first-order valence-corrected chi connectivity index (χ1v) is 9.38. The second-order valence-electron chi connectivity index (χ2n) is 6.08. The van der Waals surface area contributed by atoms with E-state index in [2.05, 4.69) is 4.74 Å². The van der Waals surface area contributed by atoms with E-state index < -0.39 is 29.2 Å². The van der Waals surface area contributed by atoms with Gasteiger partial charge in [0.15, 0.2) is 0 Å². The number of alkyl halides is 3. The molecular formula is C19H14F3NO6S. The summed E-state index contributed by atoms with van der Waals surface area (Å²) in [7, 11) is 0. The van der Waals surface area contributed by atoms with Gasteiger partial charge in [0, 0.05) is 19.0 Å². The van der Waals surface area contributed by atoms with Crippen LogP contribution in [0.3, 0.4) is 0 Å². The number of carboxylic acids is 1. The summed E-state index contributed by atoms with van der Waals surface area (Å²) in [6, 6.07) is 8.30. The van der Waals surface area contributed by atoms with Crippen LogP contribution in [-0.2, 0) is 9.59 Å². The molecule has 1 N–H and O–H groups in total. The van der Waals surface area contributed by atoms with Crippen LogP contribution in [0.4, 0.5) is 18.0 Å². The molecule has 1 aliphatic rings. The summed E-state index contributed by atoms with van der Waals surface area (Å²) in [5.74, 6) is -1.82. The van der Waals surface area contributed by atoms with E-state index in [1.54, 1.807) is 0 Å². The van der Waals surface area contributed by atoms with Crippen molar-refractivity contribution in [3.63, 3.8) is 0 Å². The molecule has 0 saturated carbocycles. The predicted molar refractivity (Wildman–Crippen MR) is 100 cm³/mol. The number of halogens is 3. The molecule has 1 fully saturated rings. The lowest BCUT2D eigenvalue weighted by atomic mass is 10.1. The lowest BCUT2D eigenvalue weighted by molar-refractivity contribution is -0.274. The Balaban J connectivity index is 1.78. The summed E-state index contributed by atoms with van der Waals surface area (Å²) in [6.07, 6.45) is -3.62.